The highest BCUT2D eigenvalue weighted by Gasteiger charge is 2.16. The maximum absolute atomic E-state index is 12.2. The third-order valence-corrected chi connectivity index (χ3v) is 3.23. The lowest BCUT2D eigenvalue weighted by molar-refractivity contribution is -0.139. The molecule has 0 radical (unpaired) electrons. The number of benzene rings is 1. The zero-order chi connectivity index (χ0) is 15.8. The van der Waals surface area contributed by atoms with Crippen molar-refractivity contribution in [1.82, 2.24) is 9.80 Å². The van der Waals surface area contributed by atoms with E-state index < -0.39 is 5.97 Å². The van der Waals surface area contributed by atoms with Crippen LogP contribution < -0.4 is 0 Å². The van der Waals surface area contributed by atoms with Crippen LogP contribution in [0.25, 0.3) is 0 Å². The van der Waals surface area contributed by atoms with Crippen LogP contribution in [0.3, 0.4) is 0 Å². The summed E-state index contributed by atoms with van der Waals surface area (Å²) < 4.78 is 0. The number of nitrogens with zero attached hydrogens (tertiary/aromatic N) is 2. The zero-order valence-corrected chi connectivity index (χ0v) is 13.1. The smallest absolute Gasteiger partial charge is 0.317 e. The summed E-state index contributed by atoms with van der Waals surface area (Å²) in [5, 5.41) is 9.48. The number of aliphatic carboxylic acids is 1. The number of carboxylic acid groups (broad SMARTS) is 1. The molecule has 1 amide bonds. The standard InChI is InChI=1S/C15H21ClN2O3/c1-3-7-18(11-15(20)21)10-14(19)17(2)9-12-5-4-6-13(16)8-12/h4-6,8H,3,7,9-11H2,1-2H3,(H,20,21). The molecule has 116 valence electrons. The number of hydrogen-bond acceptors (Lipinski definition) is 3. The molecule has 0 unspecified atom stereocenters. The summed E-state index contributed by atoms with van der Waals surface area (Å²) in [5.41, 5.74) is 0.943. The van der Waals surface area contributed by atoms with Gasteiger partial charge in [-0.1, -0.05) is 30.7 Å². The van der Waals surface area contributed by atoms with Gasteiger partial charge in [0.05, 0.1) is 13.1 Å². The van der Waals surface area contributed by atoms with Gasteiger partial charge in [-0.2, -0.15) is 0 Å². The Morgan fingerprint density at radius 3 is 2.57 bits per heavy atom. The SMILES string of the molecule is CCCN(CC(=O)O)CC(=O)N(C)Cc1cccc(Cl)c1. The number of halogens is 1. The molecule has 21 heavy (non-hydrogen) atoms. The van der Waals surface area contributed by atoms with Crippen LogP contribution in [0.15, 0.2) is 24.3 Å². The van der Waals surface area contributed by atoms with Crippen LogP contribution in [0.2, 0.25) is 5.02 Å². The Morgan fingerprint density at radius 2 is 2.00 bits per heavy atom. The van der Waals surface area contributed by atoms with Crippen molar-refractivity contribution < 1.29 is 14.7 Å². The van der Waals surface area contributed by atoms with Crippen LogP contribution in [0, 0.1) is 0 Å². The number of carboxylic acids is 1. The predicted molar refractivity (Wildman–Crippen MR) is 82.3 cm³/mol. The Morgan fingerprint density at radius 1 is 1.29 bits per heavy atom. The number of carbonyl (C=O) groups excluding carboxylic acids is 1. The molecule has 0 fully saturated rings. The average Bonchev–Trinajstić information content (AvgIpc) is 2.38. The minimum atomic E-state index is -0.922. The number of carbonyl (C=O) groups is 2. The summed E-state index contributed by atoms with van der Waals surface area (Å²) >= 11 is 5.91. The van der Waals surface area contributed by atoms with E-state index in [0.717, 1.165) is 12.0 Å². The molecule has 0 aliphatic carbocycles. The van der Waals surface area contributed by atoms with Gasteiger partial charge in [-0.05, 0) is 30.7 Å². The zero-order valence-electron chi connectivity index (χ0n) is 12.4. The van der Waals surface area contributed by atoms with Crippen molar-refractivity contribution >= 4 is 23.5 Å². The van der Waals surface area contributed by atoms with Crippen molar-refractivity contribution in [2.45, 2.75) is 19.9 Å². The third-order valence-electron chi connectivity index (χ3n) is 2.99. The number of hydrogen-bond donors (Lipinski definition) is 1. The number of likely N-dealkylation sites (N-methyl/N-ethyl adjacent to an activating group) is 1. The molecule has 1 N–H and O–H groups in total. The molecule has 6 heteroatoms. The third kappa shape index (κ3) is 6.60. The van der Waals surface area contributed by atoms with Gasteiger partial charge in [-0.15, -0.1) is 0 Å². The summed E-state index contributed by atoms with van der Waals surface area (Å²) in [5.74, 6) is -1.03. The first-order chi connectivity index (χ1) is 9.92. The fourth-order valence-electron chi connectivity index (χ4n) is 2.03. The average molecular weight is 313 g/mol. The minimum absolute atomic E-state index is 0.107. The first kappa shape index (κ1) is 17.5. The van der Waals surface area contributed by atoms with Crippen LogP contribution in [0.5, 0.6) is 0 Å². The van der Waals surface area contributed by atoms with E-state index in [1.54, 1.807) is 22.9 Å². The van der Waals surface area contributed by atoms with Gasteiger partial charge < -0.3 is 10.0 Å². The Hall–Kier alpha value is -1.59. The van der Waals surface area contributed by atoms with E-state index in [-0.39, 0.29) is 19.0 Å². The van der Waals surface area contributed by atoms with Gasteiger partial charge in [-0.3, -0.25) is 14.5 Å². The van der Waals surface area contributed by atoms with E-state index in [9.17, 15) is 9.59 Å². The molecule has 0 aromatic heterocycles. The Bertz CT molecular complexity index is 494. The fourth-order valence-corrected chi connectivity index (χ4v) is 2.24. The maximum Gasteiger partial charge on any atom is 0.317 e. The van der Waals surface area contributed by atoms with E-state index in [0.29, 0.717) is 18.1 Å². The molecule has 0 spiro atoms. The molecule has 1 aromatic rings. The molecular formula is C15H21ClN2O3. The second-order valence-corrected chi connectivity index (χ2v) is 5.42. The lowest BCUT2D eigenvalue weighted by Gasteiger charge is -2.23. The lowest BCUT2D eigenvalue weighted by atomic mass is 10.2. The van der Waals surface area contributed by atoms with Crippen molar-refractivity contribution in [2.75, 3.05) is 26.7 Å². The Balaban J connectivity index is 2.58. The van der Waals surface area contributed by atoms with E-state index in [1.807, 2.05) is 25.1 Å². The molecule has 5 nitrogen and oxygen atoms in total. The predicted octanol–water partition coefficient (Wildman–Crippen LogP) is 2.09. The second kappa shape index (κ2) is 8.64. The first-order valence-electron chi connectivity index (χ1n) is 6.85. The van der Waals surface area contributed by atoms with Gasteiger partial charge in [0.1, 0.15) is 0 Å². The van der Waals surface area contributed by atoms with Crippen molar-refractivity contribution in [2.24, 2.45) is 0 Å². The molecule has 0 aliphatic rings. The highest BCUT2D eigenvalue weighted by atomic mass is 35.5. The normalized spacial score (nSPS) is 10.7. The van der Waals surface area contributed by atoms with Crippen LogP contribution >= 0.6 is 11.6 Å². The van der Waals surface area contributed by atoms with Crippen molar-refractivity contribution in [3.05, 3.63) is 34.9 Å². The lowest BCUT2D eigenvalue weighted by Crippen LogP contribution is -2.40. The van der Waals surface area contributed by atoms with Gasteiger partial charge in [0.25, 0.3) is 0 Å². The van der Waals surface area contributed by atoms with Crippen molar-refractivity contribution in [3.8, 4) is 0 Å². The number of rotatable bonds is 8. The van der Waals surface area contributed by atoms with Crippen LogP contribution in [-0.2, 0) is 16.1 Å². The Labute approximate surface area is 130 Å². The number of amides is 1. The highest BCUT2D eigenvalue weighted by Crippen LogP contribution is 2.12. The van der Waals surface area contributed by atoms with Crippen molar-refractivity contribution in [1.29, 1.82) is 0 Å². The Kier molecular flexibility index (Phi) is 7.19. The fraction of sp³-hybridized carbons (Fsp3) is 0.467. The maximum atomic E-state index is 12.2. The molecule has 0 heterocycles. The van der Waals surface area contributed by atoms with Gasteiger partial charge >= 0.3 is 5.97 Å². The van der Waals surface area contributed by atoms with E-state index in [4.69, 9.17) is 16.7 Å². The highest BCUT2D eigenvalue weighted by molar-refractivity contribution is 6.30. The summed E-state index contributed by atoms with van der Waals surface area (Å²) in [6, 6.07) is 7.33. The minimum Gasteiger partial charge on any atom is -0.480 e. The van der Waals surface area contributed by atoms with E-state index in [2.05, 4.69) is 0 Å². The topological polar surface area (TPSA) is 60.9 Å². The molecule has 0 bridgehead atoms. The molecular weight excluding hydrogens is 292 g/mol. The van der Waals surface area contributed by atoms with Crippen molar-refractivity contribution in [3.63, 3.8) is 0 Å². The van der Waals surface area contributed by atoms with Gasteiger partial charge in [0.2, 0.25) is 5.91 Å². The molecule has 0 atom stereocenters. The largest absolute Gasteiger partial charge is 0.480 e. The molecule has 1 aromatic carbocycles. The monoisotopic (exact) mass is 312 g/mol. The molecule has 0 saturated heterocycles. The van der Waals surface area contributed by atoms with Gasteiger partial charge in [-0.25, -0.2) is 0 Å². The quantitative estimate of drug-likeness (QED) is 0.798. The van der Waals surface area contributed by atoms with Crippen LogP contribution in [-0.4, -0.2) is 53.5 Å². The second-order valence-electron chi connectivity index (χ2n) is 4.98. The summed E-state index contributed by atoms with van der Waals surface area (Å²) in [6.45, 7) is 2.98. The summed E-state index contributed by atoms with van der Waals surface area (Å²) in [7, 11) is 1.70. The van der Waals surface area contributed by atoms with Gasteiger partial charge in [0.15, 0.2) is 0 Å². The van der Waals surface area contributed by atoms with Crippen LogP contribution in [0.1, 0.15) is 18.9 Å². The first-order valence-corrected chi connectivity index (χ1v) is 7.22. The van der Waals surface area contributed by atoms with E-state index >= 15 is 0 Å². The molecule has 0 saturated carbocycles. The van der Waals surface area contributed by atoms with Gasteiger partial charge in [0, 0.05) is 18.6 Å². The van der Waals surface area contributed by atoms with E-state index in [1.165, 1.54) is 0 Å². The summed E-state index contributed by atoms with van der Waals surface area (Å²) in [4.78, 5) is 26.2. The summed E-state index contributed by atoms with van der Waals surface area (Å²) in [6.07, 6.45) is 0.804. The molecule has 1 rings (SSSR count). The molecule has 0 aliphatic heterocycles. The van der Waals surface area contributed by atoms with Crippen LogP contribution in [0.4, 0.5) is 0 Å².